The normalized spacial score (nSPS) is 43.3. The van der Waals surface area contributed by atoms with E-state index in [0.29, 0.717) is 5.41 Å². The van der Waals surface area contributed by atoms with Crippen LogP contribution in [0.5, 0.6) is 0 Å². The average molecular weight is 245 g/mol. The molecular weight excluding hydrogens is 222 g/mol. The minimum atomic E-state index is -0.257. The van der Waals surface area contributed by atoms with Gasteiger partial charge in [-0.1, -0.05) is 0 Å². The number of nitrogens with one attached hydrogen (secondary N) is 1. The van der Waals surface area contributed by atoms with Gasteiger partial charge in [-0.15, -0.1) is 0 Å². The average Bonchev–Trinajstić information content (AvgIpc) is 2.79. The number of aromatic nitrogens is 1. The van der Waals surface area contributed by atoms with Crippen LogP contribution < -0.4 is 0 Å². The van der Waals surface area contributed by atoms with Gasteiger partial charge in [0.1, 0.15) is 0 Å². The molecule has 4 aliphatic carbocycles. The molecule has 5 rings (SSSR count). The van der Waals surface area contributed by atoms with Gasteiger partial charge in [-0.3, -0.25) is 0 Å². The van der Waals surface area contributed by atoms with Gasteiger partial charge in [-0.05, 0) is 79.7 Å². The fourth-order valence-corrected chi connectivity index (χ4v) is 5.61. The van der Waals surface area contributed by atoms with Crippen molar-refractivity contribution in [2.45, 2.75) is 51.0 Å². The van der Waals surface area contributed by atoms with Gasteiger partial charge in [-0.2, -0.15) is 0 Å². The summed E-state index contributed by atoms with van der Waals surface area (Å²) in [6.07, 6.45) is 13.2. The summed E-state index contributed by atoms with van der Waals surface area (Å²) >= 11 is 0. The van der Waals surface area contributed by atoms with Crippen molar-refractivity contribution < 1.29 is 5.11 Å². The highest BCUT2D eigenvalue weighted by Gasteiger charge is 2.51. The van der Waals surface area contributed by atoms with E-state index in [-0.39, 0.29) is 6.10 Å². The Balaban J connectivity index is 1.54. The molecule has 4 aliphatic rings. The van der Waals surface area contributed by atoms with Crippen LogP contribution in [0.1, 0.15) is 56.6 Å². The van der Waals surface area contributed by atoms with Crippen LogP contribution in [0.25, 0.3) is 0 Å². The molecule has 0 radical (unpaired) electrons. The van der Waals surface area contributed by atoms with Gasteiger partial charge in [0.2, 0.25) is 0 Å². The summed E-state index contributed by atoms with van der Waals surface area (Å²) in [7, 11) is 0. The summed E-state index contributed by atoms with van der Waals surface area (Å²) in [6.45, 7) is 0. The van der Waals surface area contributed by atoms with E-state index in [2.05, 4.69) is 4.98 Å². The number of aliphatic hydroxyl groups is 1. The van der Waals surface area contributed by atoms with Crippen LogP contribution >= 0.6 is 0 Å². The van der Waals surface area contributed by atoms with E-state index >= 15 is 0 Å². The summed E-state index contributed by atoms with van der Waals surface area (Å²) in [5.74, 6) is 2.94. The fourth-order valence-electron chi connectivity index (χ4n) is 5.61. The smallest absolute Gasteiger partial charge is 0.0809 e. The standard InChI is InChI=1S/C16H23NO/c18-15(14-1-2-17-10-14)9-16-6-11-3-12(7-16)5-13(4-11)8-16/h1-2,10-13,15,17-18H,3-9H2. The van der Waals surface area contributed by atoms with Gasteiger partial charge in [0, 0.05) is 12.4 Å². The van der Waals surface area contributed by atoms with Gasteiger partial charge in [0.15, 0.2) is 0 Å². The third kappa shape index (κ3) is 1.73. The van der Waals surface area contributed by atoms with Crippen molar-refractivity contribution in [1.29, 1.82) is 0 Å². The molecule has 1 aromatic heterocycles. The molecule has 2 N–H and O–H groups in total. The Labute approximate surface area is 109 Å². The van der Waals surface area contributed by atoms with E-state index in [1.54, 1.807) is 0 Å². The lowest BCUT2D eigenvalue weighted by atomic mass is 9.48. The Kier molecular flexibility index (Phi) is 2.38. The van der Waals surface area contributed by atoms with Crippen LogP contribution in [0.4, 0.5) is 0 Å². The lowest BCUT2D eigenvalue weighted by Gasteiger charge is -2.57. The molecule has 0 spiro atoms. The van der Waals surface area contributed by atoms with Gasteiger partial charge in [0.25, 0.3) is 0 Å². The Hall–Kier alpha value is -0.760. The molecule has 1 aromatic rings. The third-order valence-electron chi connectivity index (χ3n) is 5.80. The number of aliphatic hydroxyl groups excluding tert-OH is 1. The monoisotopic (exact) mass is 245 g/mol. The summed E-state index contributed by atoms with van der Waals surface area (Å²) in [6, 6.07) is 2.02. The molecule has 1 heterocycles. The summed E-state index contributed by atoms with van der Waals surface area (Å²) in [5, 5.41) is 10.4. The van der Waals surface area contributed by atoms with E-state index in [4.69, 9.17) is 0 Å². The maximum atomic E-state index is 10.4. The molecule has 1 unspecified atom stereocenters. The van der Waals surface area contributed by atoms with Crippen molar-refractivity contribution in [2.24, 2.45) is 23.2 Å². The van der Waals surface area contributed by atoms with Crippen LogP contribution in [0.3, 0.4) is 0 Å². The Bertz CT molecular complexity index is 387. The molecule has 4 bridgehead atoms. The van der Waals surface area contributed by atoms with Gasteiger partial charge in [0.05, 0.1) is 6.10 Å². The van der Waals surface area contributed by atoms with E-state index in [9.17, 15) is 5.11 Å². The number of rotatable bonds is 3. The lowest BCUT2D eigenvalue weighted by molar-refractivity contribution is -0.0764. The van der Waals surface area contributed by atoms with Crippen molar-refractivity contribution in [2.75, 3.05) is 0 Å². The molecule has 4 fully saturated rings. The predicted molar refractivity (Wildman–Crippen MR) is 71.0 cm³/mol. The second kappa shape index (κ2) is 3.86. The Morgan fingerprint density at radius 2 is 1.78 bits per heavy atom. The molecule has 4 saturated carbocycles. The number of H-pyrrole nitrogens is 1. The first-order valence-corrected chi connectivity index (χ1v) is 7.53. The zero-order valence-corrected chi connectivity index (χ0v) is 10.9. The summed E-state index contributed by atoms with van der Waals surface area (Å²) in [5.41, 5.74) is 1.55. The first-order chi connectivity index (χ1) is 8.72. The zero-order chi connectivity index (χ0) is 12.2. The highest BCUT2D eigenvalue weighted by molar-refractivity contribution is 5.13. The molecule has 2 heteroatoms. The molecule has 0 amide bonds. The molecule has 98 valence electrons. The molecular formula is C16H23NO. The second-order valence-electron chi connectivity index (χ2n) is 7.28. The fraction of sp³-hybridized carbons (Fsp3) is 0.750. The van der Waals surface area contributed by atoms with Crippen molar-refractivity contribution in [3.8, 4) is 0 Å². The largest absolute Gasteiger partial charge is 0.388 e. The lowest BCUT2D eigenvalue weighted by Crippen LogP contribution is -2.46. The molecule has 2 nitrogen and oxygen atoms in total. The quantitative estimate of drug-likeness (QED) is 0.837. The summed E-state index contributed by atoms with van der Waals surface area (Å²) < 4.78 is 0. The highest BCUT2D eigenvalue weighted by atomic mass is 16.3. The van der Waals surface area contributed by atoms with E-state index in [0.717, 1.165) is 29.7 Å². The van der Waals surface area contributed by atoms with E-state index in [1.807, 2.05) is 18.5 Å². The van der Waals surface area contributed by atoms with Crippen molar-refractivity contribution >= 4 is 0 Å². The van der Waals surface area contributed by atoms with Crippen molar-refractivity contribution in [3.63, 3.8) is 0 Å². The first-order valence-electron chi connectivity index (χ1n) is 7.53. The first kappa shape index (κ1) is 11.1. The van der Waals surface area contributed by atoms with Gasteiger partial charge >= 0.3 is 0 Å². The zero-order valence-electron chi connectivity index (χ0n) is 10.9. The van der Waals surface area contributed by atoms with Crippen LogP contribution in [-0.4, -0.2) is 10.1 Å². The maximum Gasteiger partial charge on any atom is 0.0809 e. The van der Waals surface area contributed by atoms with Gasteiger partial charge in [-0.25, -0.2) is 0 Å². The second-order valence-corrected chi connectivity index (χ2v) is 7.28. The molecule has 18 heavy (non-hydrogen) atoms. The minimum Gasteiger partial charge on any atom is -0.388 e. The number of aromatic amines is 1. The Morgan fingerprint density at radius 3 is 2.28 bits per heavy atom. The number of hydrogen-bond donors (Lipinski definition) is 2. The van der Waals surface area contributed by atoms with Crippen LogP contribution in [0.15, 0.2) is 18.5 Å². The highest BCUT2D eigenvalue weighted by Crippen LogP contribution is 2.62. The maximum absolute atomic E-state index is 10.4. The SMILES string of the molecule is OC(CC12CC3CC(CC(C3)C1)C2)c1cc[nH]c1. The van der Waals surface area contributed by atoms with Crippen LogP contribution in [0, 0.1) is 23.2 Å². The van der Waals surface area contributed by atoms with Crippen molar-refractivity contribution in [3.05, 3.63) is 24.0 Å². The van der Waals surface area contributed by atoms with Crippen LogP contribution in [-0.2, 0) is 0 Å². The molecule has 0 aromatic carbocycles. The molecule has 0 aliphatic heterocycles. The predicted octanol–water partition coefficient (Wildman–Crippen LogP) is 3.65. The Morgan fingerprint density at radius 1 is 1.17 bits per heavy atom. The number of hydrogen-bond acceptors (Lipinski definition) is 1. The minimum absolute atomic E-state index is 0.257. The van der Waals surface area contributed by atoms with E-state index < -0.39 is 0 Å². The van der Waals surface area contributed by atoms with E-state index in [1.165, 1.54) is 38.5 Å². The van der Waals surface area contributed by atoms with Crippen molar-refractivity contribution in [1.82, 2.24) is 4.98 Å². The topological polar surface area (TPSA) is 36.0 Å². The molecule has 1 atom stereocenters. The van der Waals surface area contributed by atoms with Crippen LogP contribution in [0.2, 0.25) is 0 Å². The molecule has 0 saturated heterocycles. The van der Waals surface area contributed by atoms with Gasteiger partial charge < -0.3 is 10.1 Å². The third-order valence-corrected chi connectivity index (χ3v) is 5.80. The summed E-state index contributed by atoms with van der Waals surface area (Å²) in [4.78, 5) is 3.06.